The van der Waals surface area contributed by atoms with Gasteiger partial charge in [-0.25, -0.2) is 0 Å². The summed E-state index contributed by atoms with van der Waals surface area (Å²) in [5, 5.41) is 0.902. The number of fused-ring (bicyclic) bond motifs is 2. The van der Waals surface area contributed by atoms with E-state index in [2.05, 4.69) is 38.0 Å². The van der Waals surface area contributed by atoms with E-state index in [0.29, 0.717) is 18.1 Å². The zero-order valence-electron chi connectivity index (χ0n) is 18.4. The first-order valence-electron chi connectivity index (χ1n) is 11.5. The number of unbranched alkanes of at least 4 members (excludes halogenated alkanes) is 1. The van der Waals surface area contributed by atoms with Gasteiger partial charge < -0.3 is 19.4 Å². The molecule has 3 aromatic rings. The Morgan fingerprint density at radius 3 is 2.81 bits per heavy atom. The molecule has 1 fully saturated rings. The number of hydrogen-bond donors (Lipinski definition) is 1. The van der Waals surface area contributed by atoms with Gasteiger partial charge >= 0.3 is 0 Å². The summed E-state index contributed by atoms with van der Waals surface area (Å²) in [5.74, 6) is 0.558. The standard InChI is InChI=1S/C25H30N4O3/c30-23-8-6-20-7-9-24(27-25(20)26-23)32-16-2-1-11-28-12-14-29(15-13-28)22-5-3-4-19-10-17-31-18-21(19)22/h3-9H,1-2,10-18H2,(H,26,27,30). The minimum atomic E-state index is -0.150. The molecule has 2 aromatic heterocycles. The van der Waals surface area contributed by atoms with Gasteiger partial charge in [0.15, 0.2) is 0 Å². The number of hydrogen-bond acceptors (Lipinski definition) is 6. The van der Waals surface area contributed by atoms with Crippen LogP contribution in [0.15, 0.2) is 47.3 Å². The van der Waals surface area contributed by atoms with Gasteiger partial charge in [0, 0.05) is 54.9 Å². The van der Waals surface area contributed by atoms with Crippen molar-refractivity contribution < 1.29 is 9.47 Å². The molecule has 32 heavy (non-hydrogen) atoms. The number of nitrogens with one attached hydrogen (secondary N) is 1. The number of nitrogens with zero attached hydrogens (tertiary/aromatic N) is 3. The summed E-state index contributed by atoms with van der Waals surface area (Å²) in [6, 6.07) is 13.7. The van der Waals surface area contributed by atoms with Crippen LogP contribution in [-0.2, 0) is 17.8 Å². The normalized spacial score (nSPS) is 16.8. The lowest BCUT2D eigenvalue weighted by Crippen LogP contribution is -2.47. The van der Waals surface area contributed by atoms with Gasteiger partial charge in [-0.15, -0.1) is 0 Å². The number of piperazine rings is 1. The van der Waals surface area contributed by atoms with Crippen molar-refractivity contribution in [1.82, 2.24) is 14.9 Å². The molecule has 5 rings (SSSR count). The third-order valence-corrected chi connectivity index (χ3v) is 6.40. The Kier molecular flexibility index (Phi) is 6.36. The molecule has 1 N–H and O–H groups in total. The fourth-order valence-corrected chi connectivity index (χ4v) is 4.59. The van der Waals surface area contributed by atoms with E-state index in [1.165, 1.54) is 22.9 Å². The molecule has 4 heterocycles. The van der Waals surface area contributed by atoms with Gasteiger partial charge in [-0.2, -0.15) is 4.98 Å². The average molecular weight is 435 g/mol. The monoisotopic (exact) mass is 434 g/mol. The molecule has 0 radical (unpaired) electrons. The van der Waals surface area contributed by atoms with Crippen molar-refractivity contribution in [2.75, 3.05) is 50.8 Å². The summed E-state index contributed by atoms with van der Waals surface area (Å²) in [4.78, 5) is 23.6. The van der Waals surface area contributed by atoms with E-state index in [1.807, 2.05) is 12.1 Å². The highest BCUT2D eigenvalue weighted by Gasteiger charge is 2.21. The summed E-state index contributed by atoms with van der Waals surface area (Å²) in [6.07, 6.45) is 3.10. The zero-order valence-corrected chi connectivity index (χ0v) is 18.4. The molecule has 1 saturated heterocycles. The van der Waals surface area contributed by atoms with E-state index in [9.17, 15) is 4.79 Å². The molecule has 0 atom stereocenters. The highest BCUT2D eigenvalue weighted by atomic mass is 16.5. The van der Waals surface area contributed by atoms with E-state index in [4.69, 9.17) is 9.47 Å². The second-order valence-electron chi connectivity index (χ2n) is 8.51. The molecule has 1 aromatic carbocycles. The highest BCUT2D eigenvalue weighted by Crippen LogP contribution is 2.28. The van der Waals surface area contributed by atoms with Crippen molar-refractivity contribution in [3.05, 3.63) is 63.9 Å². The third-order valence-electron chi connectivity index (χ3n) is 6.40. The smallest absolute Gasteiger partial charge is 0.249 e. The van der Waals surface area contributed by atoms with Crippen molar-refractivity contribution in [2.45, 2.75) is 25.9 Å². The second-order valence-corrected chi connectivity index (χ2v) is 8.51. The van der Waals surface area contributed by atoms with E-state index >= 15 is 0 Å². The SMILES string of the molecule is O=c1ccc2ccc(OCCCCN3CCN(c4cccc5c4COCC5)CC3)nc2[nH]1. The Hall–Kier alpha value is -2.90. The minimum absolute atomic E-state index is 0.150. The van der Waals surface area contributed by atoms with E-state index in [-0.39, 0.29) is 5.56 Å². The van der Waals surface area contributed by atoms with Gasteiger partial charge in [-0.3, -0.25) is 9.69 Å². The van der Waals surface area contributed by atoms with Crippen LogP contribution in [0.5, 0.6) is 5.88 Å². The molecule has 0 aliphatic carbocycles. The van der Waals surface area contributed by atoms with Crippen LogP contribution in [0.3, 0.4) is 0 Å². The van der Waals surface area contributed by atoms with Crippen LogP contribution in [0, 0.1) is 0 Å². The Balaban J connectivity index is 1.05. The van der Waals surface area contributed by atoms with Crippen molar-refractivity contribution >= 4 is 16.7 Å². The van der Waals surface area contributed by atoms with Gasteiger partial charge in [0.1, 0.15) is 5.65 Å². The van der Waals surface area contributed by atoms with Gasteiger partial charge in [-0.05, 0) is 49.6 Å². The molecule has 0 amide bonds. The number of rotatable bonds is 7. The summed E-state index contributed by atoms with van der Waals surface area (Å²) in [6.45, 7) is 7.60. The molecular weight excluding hydrogens is 404 g/mol. The van der Waals surface area contributed by atoms with E-state index < -0.39 is 0 Å². The number of pyridine rings is 2. The Bertz CT molecular complexity index is 1120. The zero-order chi connectivity index (χ0) is 21.8. The van der Waals surface area contributed by atoms with Crippen molar-refractivity contribution in [3.8, 4) is 5.88 Å². The lowest BCUT2D eigenvalue weighted by molar-refractivity contribution is 0.111. The van der Waals surface area contributed by atoms with Crippen LogP contribution in [0.2, 0.25) is 0 Å². The third kappa shape index (κ3) is 4.79. The fourth-order valence-electron chi connectivity index (χ4n) is 4.59. The van der Waals surface area contributed by atoms with Crippen LogP contribution in [0.1, 0.15) is 24.0 Å². The van der Waals surface area contributed by atoms with Gasteiger partial charge in [0.05, 0.1) is 19.8 Å². The average Bonchev–Trinajstić information content (AvgIpc) is 2.83. The largest absolute Gasteiger partial charge is 0.478 e. The predicted molar refractivity (Wildman–Crippen MR) is 126 cm³/mol. The molecule has 168 valence electrons. The van der Waals surface area contributed by atoms with E-state index in [1.54, 1.807) is 6.07 Å². The molecule has 0 bridgehead atoms. The highest BCUT2D eigenvalue weighted by molar-refractivity contribution is 5.74. The predicted octanol–water partition coefficient (Wildman–Crippen LogP) is 2.98. The second kappa shape index (κ2) is 9.71. The Morgan fingerprint density at radius 1 is 1.03 bits per heavy atom. The van der Waals surface area contributed by atoms with Crippen molar-refractivity contribution in [2.24, 2.45) is 0 Å². The fraction of sp³-hybridized carbons (Fsp3) is 0.440. The van der Waals surface area contributed by atoms with Crippen LogP contribution < -0.4 is 15.2 Å². The molecule has 2 aliphatic heterocycles. The molecule has 2 aliphatic rings. The number of H-pyrrole nitrogens is 1. The Labute approximate surface area is 188 Å². The van der Waals surface area contributed by atoms with Crippen LogP contribution in [-0.4, -0.2) is 60.8 Å². The summed E-state index contributed by atoms with van der Waals surface area (Å²) in [5.41, 5.74) is 4.61. The molecular formula is C25H30N4O3. The first-order valence-corrected chi connectivity index (χ1v) is 11.5. The van der Waals surface area contributed by atoms with Crippen LogP contribution >= 0.6 is 0 Å². The summed E-state index contributed by atoms with van der Waals surface area (Å²) >= 11 is 0. The number of aromatic amines is 1. The maximum absolute atomic E-state index is 11.5. The number of anilines is 1. The van der Waals surface area contributed by atoms with Crippen LogP contribution in [0.4, 0.5) is 5.69 Å². The lowest BCUT2D eigenvalue weighted by Gasteiger charge is -2.37. The van der Waals surface area contributed by atoms with E-state index in [0.717, 1.165) is 70.6 Å². The summed E-state index contributed by atoms with van der Waals surface area (Å²) < 4.78 is 11.5. The minimum Gasteiger partial charge on any atom is -0.478 e. The van der Waals surface area contributed by atoms with Gasteiger partial charge in [-0.1, -0.05) is 12.1 Å². The van der Waals surface area contributed by atoms with Gasteiger partial charge in [0.2, 0.25) is 11.4 Å². The van der Waals surface area contributed by atoms with Crippen molar-refractivity contribution in [1.29, 1.82) is 0 Å². The maximum Gasteiger partial charge on any atom is 0.249 e. The molecule has 7 heteroatoms. The number of aromatic nitrogens is 2. The first-order chi connectivity index (χ1) is 15.8. The number of benzene rings is 1. The topological polar surface area (TPSA) is 70.7 Å². The Morgan fingerprint density at radius 2 is 1.91 bits per heavy atom. The number of ether oxygens (including phenoxy) is 2. The lowest BCUT2D eigenvalue weighted by atomic mass is 10.0. The maximum atomic E-state index is 11.5. The molecule has 0 unspecified atom stereocenters. The van der Waals surface area contributed by atoms with Gasteiger partial charge in [0.25, 0.3) is 0 Å². The molecule has 0 saturated carbocycles. The van der Waals surface area contributed by atoms with Crippen LogP contribution in [0.25, 0.3) is 11.0 Å². The quantitative estimate of drug-likeness (QED) is 0.577. The molecule has 0 spiro atoms. The summed E-state index contributed by atoms with van der Waals surface area (Å²) in [7, 11) is 0. The first kappa shape index (κ1) is 21.0. The van der Waals surface area contributed by atoms with Crippen molar-refractivity contribution in [3.63, 3.8) is 0 Å². The molecule has 7 nitrogen and oxygen atoms in total.